The van der Waals surface area contributed by atoms with E-state index in [2.05, 4.69) is 0 Å². The third-order valence-electron chi connectivity index (χ3n) is 1.51. The van der Waals surface area contributed by atoms with Crippen LogP contribution in [0.3, 0.4) is 0 Å². The Hall–Kier alpha value is 0.530. The van der Waals surface area contributed by atoms with Crippen LogP contribution in [-0.2, 0) is 4.79 Å². The predicted octanol–water partition coefficient (Wildman–Crippen LogP) is -4.41. The second-order valence-electron chi connectivity index (χ2n) is 2.51. The van der Waals surface area contributed by atoms with Crippen molar-refractivity contribution in [2.45, 2.75) is 24.4 Å². The first kappa shape index (κ1) is 16.9. The van der Waals surface area contributed by atoms with Crippen LogP contribution in [0.1, 0.15) is 0 Å². The van der Waals surface area contributed by atoms with E-state index in [1.807, 2.05) is 0 Å². The number of carboxylic acid groups (broad SMARTS) is 1. The normalized spacial score (nSPS) is 18.9. The minimum absolute atomic E-state index is 0. The first-order valence-corrected chi connectivity index (χ1v) is 3.47. The molecule has 0 heterocycles. The third kappa shape index (κ3) is 4.85. The fraction of sp³-hybridized carbons (Fsp3) is 0.833. The zero-order chi connectivity index (χ0) is 10.6. The number of hydrogen-bond acceptors (Lipinski definition) is 6. The second kappa shape index (κ2) is 7.77. The van der Waals surface area contributed by atoms with Crippen molar-refractivity contribution >= 4 is 43.7 Å². The molecule has 0 aromatic heterocycles. The third-order valence-corrected chi connectivity index (χ3v) is 1.51. The van der Waals surface area contributed by atoms with Crippen LogP contribution in [0.4, 0.5) is 0 Å². The Balaban J connectivity index is 0. The van der Waals surface area contributed by atoms with Crippen LogP contribution >= 0.6 is 0 Å². The van der Waals surface area contributed by atoms with Gasteiger partial charge in [0.1, 0.15) is 18.3 Å². The van der Waals surface area contributed by atoms with Gasteiger partial charge in [0.25, 0.3) is 0 Å². The van der Waals surface area contributed by atoms with E-state index in [0.717, 1.165) is 0 Å². The molecule has 0 aliphatic carbocycles. The van der Waals surface area contributed by atoms with Crippen molar-refractivity contribution in [2.24, 2.45) is 0 Å². The Kier molecular flexibility index (Phi) is 9.41. The van der Waals surface area contributed by atoms with E-state index in [-0.39, 0.29) is 37.7 Å². The Bertz CT molecular complexity index is 176. The molecule has 0 bridgehead atoms. The van der Waals surface area contributed by atoms with Gasteiger partial charge in [-0.15, -0.1) is 0 Å². The average Bonchev–Trinajstić information content (AvgIpc) is 2.12. The molecule has 6 N–H and O–H groups in total. The molecule has 0 saturated heterocycles. The predicted molar refractivity (Wildman–Crippen MR) is 47.3 cm³/mol. The van der Waals surface area contributed by atoms with Crippen molar-refractivity contribution in [2.75, 3.05) is 6.61 Å². The summed E-state index contributed by atoms with van der Waals surface area (Å²) >= 11 is 0. The first-order valence-electron chi connectivity index (χ1n) is 3.47. The molecule has 8 heteroatoms. The summed E-state index contributed by atoms with van der Waals surface area (Å²) in [5.74, 6) is -1.73. The van der Waals surface area contributed by atoms with Crippen molar-refractivity contribution in [3.8, 4) is 0 Å². The summed E-state index contributed by atoms with van der Waals surface area (Å²) in [6.45, 7) is -0.843. The number of hydrogen-bond donors (Lipinski definition) is 6. The zero-order valence-electron chi connectivity index (χ0n) is 6.61. The molecule has 0 aromatic rings. The van der Waals surface area contributed by atoms with Crippen LogP contribution in [0.5, 0.6) is 0 Å². The van der Waals surface area contributed by atoms with E-state index >= 15 is 0 Å². The van der Waals surface area contributed by atoms with Crippen molar-refractivity contribution in [1.82, 2.24) is 0 Å². The molecule has 0 radical (unpaired) electrons. The Labute approximate surface area is 110 Å². The summed E-state index contributed by atoms with van der Waals surface area (Å²) in [5, 5.41) is 51.8. The summed E-state index contributed by atoms with van der Waals surface area (Å²) in [4.78, 5) is 10.1. The molecule has 0 fully saturated rings. The van der Waals surface area contributed by atoms with Crippen molar-refractivity contribution in [3.05, 3.63) is 0 Å². The van der Waals surface area contributed by atoms with E-state index in [1.165, 1.54) is 0 Å². The fourth-order valence-electron chi connectivity index (χ4n) is 0.668. The molecular formula is C6H14CaO7. The maximum absolute atomic E-state index is 10.1. The van der Waals surface area contributed by atoms with Crippen LogP contribution < -0.4 is 0 Å². The number of aliphatic hydroxyl groups excluding tert-OH is 5. The number of rotatable bonds is 5. The molecule has 82 valence electrons. The molecule has 0 unspecified atom stereocenters. The van der Waals surface area contributed by atoms with Crippen LogP contribution in [-0.4, -0.2) is 105 Å². The van der Waals surface area contributed by atoms with Gasteiger partial charge >= 0.3 is 43.7 Å². The van der Waals surface area contributed by atoms with Gasteiger partial charge in [0.15, 0.2) is 6.10 Å². The van der Waals surface area contributed by atoms with Crippen molar-refractivity contribution in [3.63, 3.8) is 0 Å². The number of carboxylic acids is 1. The number of carbonyl (C=O) groups is 1. The van der Waals surface area contributed by atoms with Gasteiger partial charge in [0, 0.05) is 0 Å². The number of aliphatic hydroxyl groups is 5. The molecule has 4 atom stereocenters. The molecule has 14 heavy (non-hydrogen) atoms. The van der Waals surface area contributed by atoms with Crippen molar-refractivity contribution in [1.29, 1.82) is 0 Å². The van der Waals surface area contributed by atoms with E-state index in [1.54, 1.807) is 0 Å². The Morgan fingerprint density at radius 3 is 1.79 bits per heavy atom. The van der Waals surface area contributed by atoms with Crippen LogP contribution in [0.15, 0.2) is 0 Å². The van der Waals surface area contributed by atoms with Crippen molar-refractivity contribution < 1.29 is 35.4 Å². The summed E-state index contributed by atoms with van der Waals surface area (Å²) in [6.07, 6.45) is -7.84. The molecular weight excluding hydrogens is 224 g/mol. The van der Waals surface area contributed by atoms with E-state index in [4.69, 9.17) is 30.6 Å². The summed E-state index contributed by atoms with van der Waals surface area (Å²) < 4.78 is 0. The van der Waals surface area contributed by atoms with Gasteiger partial charge in [0.2, 0.25) is 0 Å². The molecule has 0 saturated carbocycles. The minimum atomic E-state index is -2.20. The second-order valence-corrected chi connectivity index (χ2v) is 2.51. The molecule has 0 amide bonds. The van der Waals surface area contributed by atoms with E-state index in [9.17, 15) is 4.79 Å². The topological polar surface area (TPSA) is 138 Å². The van der Waals surface area contributed by atoms with Crippen LogP contribution in [0.25, 0.3) is 0 Å². The standard InChI is InChI=1S/C6H12O7.Ca.2H/c7-1-2(8)3(9)4(10)5(11)6(12)13;;;/h2-5,7-11H,1H2,(H,12,13);;;/t2-,3-,4+,5-;;;/m1.../s1. The molecule has 0 spiro atoms. The first-order chi connectivity index (χ1) is 5.91. The summed E-state index contributed by atoms with van der Waals surface area (Å²) in [5.41, 5.74) is 0. The number of aliphatic carboxylic acids is 1. The van der Waals surface area contributed by atoms with Gasteiger partial charge < -0.3 is 30.6 Å². The molecule has 0 rings (SSSR count). The molecule has 7 nitrogen and oxygen atoms in total. The monoisotopic (exact) mass is 238 g/mol. The van der Waals surface area contributed by atoms with Gasteiger partial charge in [-0.05, 0) is 0 Å². The van der Waals surface area contributed by atoms with Gasteiger partial charge in [-0.25, -0.2) is 4.79 Å². The average molecular weight is 238 g/mol. The molecule has 0 aliphatic heterocycles. The summed E-state index contributed by atoms with van der Waals surface area (Å²) in [6, 6.07) is 0. The van der Waals surface area contributed by atoms with Crippen LogP contribution in [0, 0.1) is 0 Å². The Morgan fingerprint density at radius 2 is 1.50 bits per heavy atom. The zero-order valence-corrected chi connectivity index (χ0v) is 6.61. The maximum atomic E-state index is 10.1. The van der Waals surface area contributed by atoms with Gasteiger partial charge in [-0.1, -0.05) is 0 Å². The quantitative estimate of drug-likeness (QED) is 0.266. The fourth-order valence-corrected chi connectivity index (χ4v) is 0.668. The van der Waals surface area contributed by atoms with Gasteiger partial charge in [-0.3, -0.25) is 0 Å². The van der Waals surface area contributed by atoms with E-state index in [0.29, 0.717) is 0 Å². The van der Waals surface area contributed by atoms with Crippen LogP contribution in [0.2, 0.25) is 0 Å². The summed E-state index contributed by atoms with van der Waals surface area (Å²) in [7, 11) is 0. The van der Waals surface area contributed by atoms with E-state index < -0.39 is 37.0 Å². The van der Waals surface area contributed by atoms with Gasteiger partial charge in [-0.2, -0.15) is 0 Å². The van der Waals surface area contributed by atoms with Gasteiger partial charge in [0.05, 0.1) is 6.61 Å². The molecule has 0 aliphatic rings. The Morgan fingerprint density at radius 1 is 1.07 bits per heavy atom. The SMILES string of the molecule is O=C(O)[C@H](O)[C@@H](O)[C@H](O)[C@H](O)CO.[CaH2]. The molecule has 0 aromatic carbocycles.